The zero-order valence-electron chi connectivity index (χ0n) is 14.1. The number of carbonyl (C=O) groups is 1. The fourth-order valence-electron chi connectivity index (χ4n) is 2.44. The molecule has 0 radical (unpaired) electrons. The minimum Gasteiger partial charge on any atom is -0.478 e. The van der Waals surface area contributed by atoms with Crippen LogP contribution in [0.5, 0.6) is 5.75 Å². The summed E-state index contributed by atoms with van der Waals surface area (Å²) in [5.74, 6) is 2.77. The van der Waals surface area contributed by atoms with E-state index in [1.54, 1.807) is 38.1 Å². The molecule has 2 aromatic rings. The third-order valence-electron chi connectivity index (χ3n) is 3.77. The number of anilines is 1. The van der Waals surface area contributed by atoms with E-state index in [9.17, 15) is 4.79 Å². The molecule has 1 N–H and O–H groups in total. The van der Waals surface area contributed by atoms with Crippen molar-refractivity contribution >= 4 is 46.7 Å². The van der Waals surface area contributed by atoms with Gasteiger partial charge in [-0.3, -0.25) is 4.79 Å². The highest BCUT2D eigenvalue weighted by Gasteiger charge is 2.30. The van der Waals surface area contributed by atoms with Crippen molar-refractivity contribution in [1.29, 1.82) is 0 Å². The Morgan fingerprint density at radius 3 is 2.52 bits per heavy atom. The van der Waals surface area contributed by atoms with Crippen LogP contribution in [0.3, 0.4) is 0 Å². The molecule has 0 bridgehead atoms. The second kappa shape index (κ2) is 7.94. The molecule has 1 amide bonds. The first-order valence-electron chi connectivity index (χ1n) is 8.03. The molecule has 1 heterocycles. The van der Waals surface area contributed by atoms with Gasteiger partial charge in [-0.2, -0.15) is 0 Å². The van der Waals surface area contributed by atoms with Crippen molar-refractivity contribution in [3.63, 3.8) is 0 Å². The summed E-state index contributed by atoms with van der Waals surface area (Å²) in [5.41, 5.74) is 1.03. The molecule has 3 rings (SSSR count). The maximum atomic E-state index is 12.7. The Balaban J connectivity index is 1.68. The number of halogens is 1. The summed E-state index contributed by atoms with van der Waals surface area (Å²) < 4.78 is 6.30. The van der Waals surface area contributed by atoms with Gasteiger partial charge in [0.15, 0.2) is 5.60 Å². The van der Waals surface area contributed by atoms with Crippen molar-refractivity contribution in [3.05, 3.63) is 59.1 Å². The largest absolute Gasteiger partial charge is 0.478 e. The van der Waals surface area contributed by atoms with Gasteiger partial charge >= 0.3 is 0 Å². The second-order valence-electron chi connectivity index (χ2n) is 6.22. The van der Waals surface area contributed by atoms with E-state index in [-0.39, 0.29) is 5.91 Å². The van der Waals surface area contributed by atoms with E-state index in [4.69, 9.17) is 16.3 Å². The molecule has 132 valence electrons. The van der Waals surface area contributed by atoms with E-state index in [0.717, 1.165) is 5.69 Å². The van der Waals surface area contributed by atoms with E-state index in [2.05, 4.69) is 11.4 Å². The monoisotopic (exact) mass is 393 g/mol. The highest BCUT2D eigenvalue weighted by Crippen LogP contribution is 2.45. The smallest absolute Gasteiger partial charge is 0.267 e. The first-order chi connectivity index (χ1) is 11.9. The van der Waals surface area contributed by atoms with Crippen LogP contribution in [0.1, 0.15) is 24.0 Å². The minimum absolute atomic E-state index is 0.189. The highest BCUT2D eigenvalue weighted by atomic mass is 35.5. The van der Waals surface area contributed by atoms with Gasteiger partial charge in [-0.15, -0.1) is 23.5 Å². The molecule has 1 aliphatic rings. The quantitative estimate of drug-likeness (QED) is 0.715. The van der Waals surface area contributed by atoms with Crippen LogP contribution in [-0.4, -0.2) is 23.0 Å². The van der Waals surface area contributed by atoms with Crippen LogP contribution in [-0.2, 0) is 4.79 Å². The molecule has 0 atom stereocenters. The predicted molar refractivity (Wildman–Crippen MR) is 109 cm³/mol. The minimum atomic E-state index is -0.999. The lowest BCUT2D eigenvalue weighted by Gasteiger charge is -2.25. The molecule has 0 spiro atoms. The average molecular weight is 394 g/mol. The van der Waals surface area contributed by atoms with E-state index in [1.807, 2.05) is 41.7 Å². The topological polar surface area (TPSA) is 38.3 Å². The Bertz CT molecular complexity index is 743. The molecule has 0 unspecified atom stereocenters. The number of ether oxygens (including phenoxy) is 1. The maximum Gasteiger partial charge on any atom is 0.267 e. The highest BCUT2D eigenvalue weighted by molar-refractivity contribution is 8.19. The van der Waals surface area contributed by atoms with Gasteiger partial charge in [-0.1, -0.05) is 23.7 Å². The molecule has 6 heteroatoms. The number of nitrogens with one attached hydrogen (secondary N) is 1. The fourth-order valence-corrected chi connectivity index (χ4v) is 5.40. The van der Waals surface area contributed by atoms with Gasteiger partial charge in [-0.05, 0) is 55.8 Å². The van der Waals surface area contributed by atoms with Crippen molar-refractivity contribution in [2.45, 2.75) is 24.0 Å². The lowest BCUT2D eigenvalue weighted by molar-refractivity contribution is -0.128. The molecule has 3 nitrogen and oxygen atoms in total. The molecule has 0 aromatic heterocycles. The van der Waals surface area contributed by atoms with Crippen molar-refractivity contribution < 1.29 is 9.53 Å². The van der Waals surface area contributed by atoms with E-state index >= 15 is 0 Å². The van der Waals surface area contributed by atoms with Gasteiger partial charge in [0.05, 0.1) is 4.58 Å². The van der Waals surface area contributed by atoms with Gasteiger partial charge < -0.3 is 10.1 Å². The van der Waals surface area contributed by atoms with Crippen LogP contribution in [0, 0.1) is 0 Å². The Morgan fingerprint density at radius 2 is 1.84 bits per heavy atom. The number of amides is 1. The standard InChI is InChI=1S/C19H20ClNO2S2/c1-19(2,23-16-8-6-14(20)7-9-16)18(22)21-15-5-3-4-13(12-15)17-24-10-11-25-17/h3-9,12,17H,10-11H2,1-2H3,(H,21,22). The predicted octanol–water partition coefficient (Wildman–Crippen LogP) is 5.61. The third-order valence-corrected chi connectivity index (χ3v) is 7.13. The second-order valence-corrected chi connectivity index (χ2v) is 9.38. The number of hydrogen-bond donors (Lipinski definition) is 1. The van der Waals surface area contributed by atoms with Gasteiger partial charge in [0.2, 0.25) is 0 Å². The van der Waals surface area contributed by atoms with Crippen molar-refractivity contribution in [1.82, 2.24) is 0 Å². The van der Waals surface area contributed by atoms with E-state index < -0.39 is 5.60 Å². The zero-order chi connectivity index (χ0) is 17.9. The van der Waals surface area contributed by atoms with Crippen LogP contribution in [0.2, 0.25) is 5.02 Å². The normalized spacial score (nSPS) is 15.2. The summed E-state index contributed by atoms with van der Waals surface area (Å²) in [5, 5.41) is 3.60. The Kier molecular flexibility index (Phi) is 5.87. The molecule has 1 aliphatic heterocycles. The number of hydrogen-bond acceptors (Lipinski definition) is 4. The number of rotatable bonds is 5. The van der Waals surface area contributed by atoms with Gasteiger partial charge in [0.1, 0.15) is 5.75 Å². The number of benzene rings is 2. The summed E-state index contributed by atoms with van der Waals surface area (Å²) in [6, 6.07) is 15.0. The summed E-state index contributed by atoms with van der Waals surface area (Å²) in [7, 11) is 0. The lowest BCUT2D eigenvalue weighted by Crippen LogP contribution is -2.42. The molecule has 2 aromatic carbocycles. The first-order valence-corrected chi connectivity index (χ1v) is 10.5. The van der Waals surface area contributed by atoms with E-state index in [1.165, 1.54) is 17.1 Å². The zero-order valence-corrected chi connectivity index (χ0v) is 16.5. The summed E-state index contributed by atoms with van der Waals surface area (Å²) in [4.78, 5) is 12.7. The lowest BCUT2D eigenvalue weighted by atomic mass is 10.1. The van der Waals surface area contributed by atoms with E-state index in [0.29, 0.717) is 15.4 Å². The Morgan fingerprint density at radius 1 is 1.16 bits per heavy atom. The summed E-state index contributed by atoms with van der Waals surface area (Å²) in [6.07, 6.45) is 0. The SMILES string of the molecule is CC(C)(Oc1ccc(Cl)cc1)C(=O)Nc1cccc(C2SCCS2)c1. The summed E-state index contributed by atoms with van der Waals surface area (Å²) >= 11 is 9.78. The van der Waals surface area contributed by atoms with Crippen molar-refractivity contribution in [2.75, 3.05) is 16.8 Å². The van der Waals surface area contributed by atoms with Gasteiger partial charge in [0.25, 0.3) is 5.91 Å². The van der Waals surface area contributed by atoms with Gasteiger partial charge in [-0.25, -0.2) is 0 Å². The molecule has 1 fully saturated rings. The molecule has 0 aliphatic carbocycles. The number of carbonyl (C=O) groups excluding carboxylic acids is 1. The van der Waals surface area contributed by atoms with Crippen molar-refractivity contribution in [3.8, 4) is 5.75 Å². The first kappa shape index (κ1) is 18.5. The molecule has 0 saturated carbocycles. The molecule has 1 saturated heterocycles. The maximum absolute atomic E-state index is 12.7. The average Bonchev–Trinajstić information content (AvgIpc) is 3.11. The van der Waals surface area contributed by atoms with Gasteiger partial charge in [0, 0.05) is 22.2 Å². The number of thioether (sulfide) groups is 2. The van der Waals surface area contributed by atoms with Crippen LogP contribution >= 0.6 is 35.1 Å². The Labute approximate surface area is 161 Å². The van der Waals surface area contributed by atoms with Crippen LogP contribution in [0.25, 0.3) is 0 Å². The van der Waals surface area contributed by atoms with Crippen LogP contribution in [0.4, 0.5) is 5.69 Å². The third kappa shape index (κ3) is 4.87. The Hall–Kier alpha value is -1.30. The van der Waals surface area contributed by atoms with Crippen molar-refractivity contribution in [2.24, 2.45) is 0 Å². The van der Waals surface area contributed by atoms with Crippen LogP contribution in [0.15, 0.2) is 48.5 Å². The van der Waals surface area contributed by atoms with Crippen LogP contribution < -0.4 is 10.1 Å². The molecule has 25 heavy (non-hydrogen) atoms. The fraction of sp³-hybridized carbons (Fsp3) is 0.316. The molecular formula is C19H20ClNO2S2. The summed E-state index contributed by atoms with van der Waals surface area (Å²) in [6.45, 7) is 3.51. The molecular weight excluding hydrogens is 374 g/mol.